The summed E-state index contributed by atoms with van der Waals surface area (Å²) < 4.78 is 25.9. The van der Waals surface area contributed by atoms with Crippen molar-refractivity contribution in [2.24, 2.45) is 7.05 Å². The van der Waals surface area contributed by atoms with Crippen LogP contribution in [0, 0.1) is 6.92 Å². The van der Waals surface area contributed by atoms with E-state index in [4.69, 9.17) is 9.97 Å². The number of nitrogens with one attached hydrogen (secondary N) is 3. The normalized spacial score (nSPS) is 12.3. The number of nitrogens with zero attached hydrogens (tertiary/aromatic N) is 4. The molecule has 9 nitrogen and oxygen atoms in total. The minimum absolute atomic E-state index is 0.425. The van der Waals surface area contributed by atoms with Gasteiger partial charge in [-0.1, -0.05) is 42.0 Å². The molecule has 0 saturated carbocycles. The van der Waals surface area contributed by atoms with Crippen LogP contribution in [0.5, 0.6) is 0 Å². The zero-order valence-electron chi connectivity index (χ0n) is 23.2. The molecule has 2 aromatic heterocycles. The molecule has 0 fully saturated rings. The molecular weight excluding hydrogens is 522 g/mol. The summed E-state index contributed by atoms with van der Waals surface area (Å²) in [6.45, 7) is 4.43. The quantitative estimate of drug-likeness (QED) is 0.208. The number of benzene rings is 3. The third-order valence-electron chi connectivity index (χ3n) is 7.08. The fourth-order valence-corrected chi connectivity index (χ4v) is 5.20. The Morgan fingerprint density at radius 3 is 2.35 bits per heavy atom. The van der Waals surface area contributed by atoms with Crippen LogP contribution in [-0.4, -0.2) is 41.2 Å². The Kier molecular flexibility index (Phi) is 7.44. The van der Waals surface area contributed by atoms with Crippen molar-refractivity contribution >= 4 is 44.1 Å². The van der Waals surface area contributed by atoms with Crippen LogP contribution >= 0.6 is 0 Å². The maximum Gasteiger partial charge on any atom is 0.227 e. The highest BCUT2D eigenvalue weighted by Crippen LogP contribution is 2.35. The van der Waals surface area contributed by atoms with Crippen LogP contribution in [0.25, 0.3) is 22.3 Å². The second kappa shape index (κ2) is 11.0. The Bertz CT molecular complexity index is 1760. The highest BCUT2D eigenvalue weighted by molar-refractivity contribution is 7.90. The average molecular weight is 556 g/mol. The minimum Gasteiger partial charge on any atom is -0.388 e. The average Bonchev–Trinajstić information content (AvgIpc) is 3.27. The van der Waals surface area contributed by atoms with E-state index in [1.165, 1.54) is 17.4 Å². The van der Waals surface area contributed by atoms with Crippen molar-refractivity contribution in [1.29, 1.82) is 0 Å². The van der Waals surface area contributed by atoms with Crippen LogP contribution in [0.2, 0.25) is 0 Å². The van der Waals surface area contributed by atoms with E-state index in [-0.39, 0.29) is 0 Å². The van der Waals surface area contributed by atoms with Gasteiger partial charge >= 0.3 is 0 Å². The van der Waals surface area contributed by atoms with E-state index >= 15 is 0 Å². The lowest BCUT2D eigenvalue weighted by Gasteiger charge is -2.12. The van der Waals surface area contributed by atoms with Gasteiger partial charge in [-0.2, -0.15) is 0 Å². The SMILES string of the molecule is CNc1ccc2c(nc(NCc3ccc(C)cc3)n2C)c1-c1ccnc(Nc2ccc(C(C)S(C)(=O)=O)cc2)n1. The third kappa shape index (κ3) is 5.62. The van der Waals surface area contributed by atoms with E-state index in [1.54, 1.807) is 25.3 Å². The van der Waals surface area contributed by atoms with E-state index in [0.29, 0.717) is 12.5 Å². The van der Waals surface area contributed by atoms with Gasteiger partial charge in [-0.3, -0.25) is 0 Å². The second-order valence-corrected chi connectivity index (χ2v) is 12.3. The summed E-state index contributed by atoms with van der Waals surface area (Å²) in [7, 11) is 0.703. The first-order valence-corrected chi connectivity index (χ1v) is 15.0. The molecule has 206 valence electrons. The van der Waals surface area contributed by atoms with Gasteiger partial charge in [0.25, 0.3) is 0 Å². The lowest BCUT2D eigenvalue weighted by molar-refractivity contribution is 0.592. The van der Waals surface area contributed by atoms with E-state index in [2.05, 4.69) is 52.1 Å². The molecule has 0 amide bonds. The Labute approximate surface area is 234 Å². The highest BCUT2D eigenvalue weighted by Gasteiger charge is 2.19. The molecule has 40 heavy (non-hydrogen) atoms. The summed E-state index contributed by atoms with van der Waals surface area (Å²) in [5.41, 5.74) is 8.20. The third-order valence-corrected chi connectivity index (χ3v) is 8.64. The summed E-state index contributed by atoms with van der Waals surface area (Å²) in [5.74, 6) is 1.19. The number of sulfone groups is 1. The predicted octanol–water partition coefficient (Wildman–Crippen LogP) is 5.84. The van der Waals surface area contributed by atoms with Gasteiger partial charge in [-0.25, -0.2) is 23.4 Å². The number of aromatic nitrogens is 4. The van der Waals surface area contributed by atoms with Crippen molar-refractivity contribution in [1.82, 2.24) is 19.5 Å². The van der Waals surface area contributed by atoms with Crippen molar-refractivity contribution in [3.63, 3.8) is 0 Å². The zero-order chi connectivity index (χ0) is 28.4. The summed E-state index contributed by atoms with van der Waals surface area (Å²) >= 11 is 0. The maximum atomic E-state index is 11.9. The first-order chi connectivity index (χ1) is 19.1. The molecule has 1 atom stereocenters. The Hall–Kier alpha value is -4.44. The zero-order valence-corrected chi connectivity index (χ0v) is 24.0. The molecule has 2 heterocycles. The topological polar surface area (TPSA) is 114 Å². The molecule has 0 aliphatic rings. The standard InChI is InChI=1S/C30H33N7O2S/c1-19-6-8-21(9-7-19)18-33-30-36-28-26(37(30)4)15-14-24(31-3)27(28)25-16-17-32-29(35-25)34-23-12-10-22(11-13-23)20(2)40(5,38)39/h6-17,20,31H,18H2,1-5H3,(H,33,36)(H,32,34,35). The summed E-state index contributed by atoms with van der Waals surface area (Å²) in [6.07, 6.45) is 2.95. The number of imidazole rings is 1. The Morgan fingerprint density at radius 1 is 0.950 bits per heavy atom. The minimum atomic E-state index is -3.17. The molecule has 3 N–H and O–H groups in total. The molecule has 0 radical (unpaired) electrons. The smallest absolute Gasteiger partial charge is 0.227 e. The van der Waals surface area contributed by atoms with Crippen LogP contribution in [-0.2, 0) is 23.4 Å². The molecule has 10 heteroatoms. The van der Waals surface area contributed by atoms with Gasteiger partial charge in [0.05, 0.1) is 22.0 Å². The van der Waals surface area contributed by atoms with Gasteiger partial charge in [-0.15, -0.1) is 0 Å². The fourth-order valence-electron chi connectivity index (χ4n) is 4.54. The molecule has 0 aliphatic heterocycles. The molecule has 5 aromatic rings. The first-order valence-electron chi connectivity index (χ1n) is 13.0. The lowest BCUT2D eigenvalue weighted by Crippen LogP contribution is -2.07. The van der Waals surface area contributed by atoms with E-state index < -0.39 is 15.1 Å². The molecular formula is C30H33N7O2S. The van der Waals surface area contributed by atoms with Crippen LogP contribution in [0.4, 0.5) is 23.3 Å². The van der Waals surface area contributed by atoms with Crippen molar-refractivity contribution < 1.29 is 8.42 Å². The van der Waals surface area contributed by atoms with Crippen LogP contribution < -0.4 is 16.0 Å². The van der Waals surface area contributed by atoms with Crippen molar-refractivity contribution in [3.05, 3.63) is 89.6 Å². The number of hydrogen-bond acceptors (Lipinski definition) is 8. The van der Waals surface area contributed by atoms with Crippen molar-refractivity contribution in [2.45, 2.75) is 25.6 Å². The summed E-state index contributed by atoms with van der Waals surface area (Å²) in [5, 5.41) is 9.41. The van der Waals surface area contributed by atoms with Gasteiger partial charge in [0.1, 0.15) is 5.52 Å². The van der Waals surface area contributed by atoms with Gasteiger partial charge in [0.2, 0.25) is 11.9 Å². The molecule has 1 unspecified atom stereocenters. The van der Waals surface area contributed by atoms with Crippen molar-refractivity contribution in [3.8, 4) is 11.3 Å². The van der Waals surface area contributed by atoms with Crippen molar-refractivity contribution in [2.75, 3.05) is 29.3 Å². The van der Waals surface area contributed by atoms with E-state index in [1.807, 2.05) is 49.0 Å². The van der Waals surface area contributed by atoms with E-state index in [0.717, 1.165) is 45.2 Å². The maximum absolute atomic E-state index is 11.9. The molecule has 3 aromatic carbocycles. The number of fused-ring (bicyclic) bond motifs is 1. The van der Waals surface area contributed by atoms with Crippen LogP contribution in [0.1, 0.15) is 28.9 Å². The fraction of sp³-hybridized carbons (Fsp3) is 0.233. The van der Waals surface area contributed by atoms with Crippen LogP contribution in [0.15, 0.2) is 72.9 Å². The summed E-state index contributed by atoms with van der Waals surface area (Å²) in [4.78, 5) is 14.2. The highest BCUT2D eigenvalue weighted by atomic mass is 32.2. The van der Waals surface area contributed by atoms with E-state index in [9.17, 15) is 8.42 Å². The van der Waals surface area contributed by atoms with Gasteiger partial charge in [0, 0.05) is 44.5 Å². The summed E-state index contributed by atoms with van der Waals surface area (Å²) in [6, 6.07) is 21.7. The number of hydrogen-bond donors (Lipinski definition) is 3. The number of rotatable bonds is 9. The van der Waals surface area contributed by atoms with Gasteiger partial charge < -0.3 is 20.5 Å². The molecule has 5 rings (SSSR count). The second-order valence-electron chi connectivity index (χ2n) is 9.92. The molecule has 0 bridgehead atoms. The van der Waals surface area contributed by atoms with Gasteiger partial charge in [0.15, 0.2) is 9.84 Å². The monoisotopic (exact) mass is 555 g/mol. The Balaban J connectivity index is 1.45. The predicted molar refractivity (Wildman–Crippen MR) is 163 cm³/mol. The number of anilines is 4. The molecule has 0 saturated heterocycles. The largest absolute Gasteiger partial charge is 0.388 e. The Morgan fingerprint density at radius 2 is 1.68 bits per heavy atom. The van der Waals surface area contributed by atoms with Crippen LogP contribution in [0.3, 0.4) is 0 Å². The first kappa shape index (κ1) is 27.1. The van der Waals surface area contributed by atoms with Gasteiger partial charge in [-0.05, 0) is 55.3 Å². The number of aryl methyl sites for hydroxylation is 2. The lowest BCUT2D eigenvalue weighted by atomic mass is 10.1. The molecule has 0 spiro atoms. The molecule has 0 aliphatic carbocycles.